The normalized spacial score (nSPS) is 15.0. The third-order valence-electron chi connectivity index (χ3n) is 4.10. The third kappa shape index (κ3) is 4.09. The minimum absolute atomic E-state index is 0.0918. The van der Waals surface area contributed by atoms with Crippen molar-refractivity contribution in [2.75, 3.05) is 18.4 Å². The molecule has 6 nitrogen and oxygen atoms in total. The number of anilines is 1. The van der Waals surface area contributed by atoms with Gasteiger partial charge in [0, 0.05) is 36.4 Å². The van der Waals surface area contributed by atoms with Gasteiger partial charge >= 0.3 is 6.03 Å². The molecule has 1 aromatic rings. The lowest BCUT2D eigenvalue weighted by Gasteiger charge is -2.15. The summed E-state index contributed by atoms with van der Waals surface area (Å²) >= 11 is 0. The standard InChI is InChI=1S/C19H22N4O2/c1-2-3-9-21-18(24)14-4-6-17(7-5-14)22-19(25)23-12-15-8-10-20-11-16(15)13-23/h4-8,10-12,20H,2-3,9,13H2,1H3,(H,21,24)(H,22,25). The Morgan fingerprint density at radius 1 is 1.24 bits per heavy atom. The Kier molecular flexibility index (Phi) is 5.18. The number of urea groups is 1. The van der Waals surface area contributed by atoms with Crippen molar-refractivity contribution < 1.29 is 9.59 Å². The molecule has 25 heavy (non-hydrogen) atoms. The van der Waals surface area contributed by atoms with Gasteiger partial charge in [-0.25, -0.2) is 4.79 Å². The van der Waals surface area contributed by atoms with E-state index in [1.165, 1.54) is 0 Å². The molecular weight excluding hydrogens is 316 g/mol. The van der Waals surface area contributed by atoms with Crippen LogP contribution in [0.15, 0.2) is 60.1 Å². The number of hydrogen-bond donors (Lipinski definition) is 3. The number of unbranched alkanes of at least 4 members (excludes halogenated alkanes) is 1. The smallest absolute Gasteiger partial charge is 0.326 e. The Hall–Kier alpha value is -3.02. The van der Waals surface area contributed by atoms with E-state index in [2.05, 4.69) is 22.9 Å². The van der Waals surface area contributed by atoms with Crippen LogP contribution in [0.2, 0.25) is 0 Å². The zero-order valence-corrected chi connectivity index (χ0v) is 14.2. The molecule has 0 atom stereocenters. The van der Waals surface area contributed by atoms with E-state index in [1.807, 2.05) is 24.7 Å². The number of carbonyl (C=O) groups is 2. The Morgan fingerprint density at radius 3 is 2.76 bits per heavy atom. The van der Waals surface area contributed by atoms with Crippen LogP contribution in [0.25, 0.3) is 0 Å². The van der Waals surface area contributed by atoms with Crippen molar-refractivity contribution in [3.63, 3.8) is 0 Å². The zero-order valence-electron chi connectivity index (χ0n) is 14.2. The molecule has 2 aliphatic heterocycles. The minimum atomic E-state index is -0.198. The first-order chi connectivity index (χ1) is 12.2. The van der Waals surface area contributed by atoms with Gasteiger partial charge in [-0.3, -0.25) is 9.69 Å². The number of rotatable bonds is 5. The van der Waals surface area contributed by atoms with E-state index in [0.717, 1.165) is 24.0 Å². The second-order valence-electron chi connectivity index (χ2n) is 6.00. The molecule has 3 N–H and O–H groups in total. The summed E-state index contributed by atoms with van der Waals surface area (Å²) in [6.07, 6.45) is 9.50. The number of amides is 3. The van der Waals surface area contributed by atoms with E-state index >= 15 is 0 Å². The van der Waals surface area contributed by atoms with Gasteiger partial charge in [-0.15, -0.1) is 0 Å². The summed E-state index contributed by atoms with van der Waals surface area (Å²) < 4.78 is 0. The van der Waals surface area contributed by atoms with Gasteiger partial charge in [0.05, 0.1) is 6.54 Å². The SMILES string of the molecule is CCCCNC(=O)c1ccc(NC(=O)N2C=C3C=CNC=C3C2)cc1. The van der Waals surface area contributed by atoms with Gasteiger partial charge in [0.2, 0.25) is 0 Å². The average molecular weight is 338 g/mol. The summed E-state index contributed by atoms with van der Waals surface area (Å²) in [5.74, 6) is -0.0918. The van der Waals surface area contributed by atoms with Crippen LogP contribution in [0, 0.1) is 0 Å². The number of benzene rings is 1. The molecule has 0 unspecified atom stereocenters. The van der Waals surface area contributed by atoms with Crippen LogP contribution in [0.1, 0.15) is 30.1 Å². The second kappa shape index (κ2) is 7.70. The molecule has 130 valence electrons. The monoisotopic (exact) mass is 338 g/mol. The van der Waals surface area contributed by atoms with Gasteiger partial charge in [0.15, 0.2) is 0 Å². The van der Waals surface area contributed by atoms with Gasteiger partial charge in [-0.2, -0.15) is 0 Å². The average Bonchev–Trinajstić information content (AvgIpc) is 3.07. The highest BCUT2D eigenvalue weighted by atomic mass is 16.2. The molecular formula is C19H22N4O2. The molecule has 0 spiro atoms. The van der Waals surface area contributed by atoms with Crippen molar-refractivity contribution in [1.82, 2.24) is 15.5 Å². The molecule has 1 aromatic carbocycles. The molecule has 6 heteroatoms. The minimum Gasteiger partial charge on any atom is -0.367 e. The summed E-state index contributed by atoms with van der Waals surface area (Å²) in [7, 11) is 0. The lowest BCUT2D eigenvalue weighted by atomic mass is 10.1. The number of hydrogen-bond acceptors (Lipinski definition) is 3. The van der Waals surface area contributed by atoms with Crippen LogP contribution in [0.4, 0.5) is 10.5 Å². The number of fused-ring (bicyclic) bond motifs is 1. The second-order valence-corrected chi connectivity index (χ2v) is 6.00. The lowest BCUT2D eigenvalue weighted by Crippen LogP contribution is -2.29. The molecule has 0 radical (unpaired) electrons. The highest BCUT2D eigenvalue weighted by Crippen LogP contribution is 2.24. The summed E-state index contributed by atoms with van der Waals surface area (Å²) in [6, 6.07) is 6.71. The van der Waals surface area contributed by atoms with Crippen LogP contribution < -0.4 is 16.0 Å². The van der Waals surface area contributed by atoms with Crippen LogP contribution in [0.5, 0.6) is 0 Å². The number of dihydropyridines is 1. The van der Waals surface area contributed by atoms with Crippen LogP contribution in [-0.2, 0) is 0 Å². The Morgan fingerprint density at radius 2 is 2.04 bits per heavy atom. The van der Waals surface area contributed by atoms with Crippen molar-refractivity contribution in [3.05, 3.63) is 65.7 Å². The van der Waals surface area contributed by atoms with Gasteiger partial charge in [0.1, 0.15) is 0 Å². The van der Waals surface area contributed by atoms with Gasteiger partial charge in [-0.1, -0.05) is 13.3 Å². The summed E-state index contributed by atoms with van der Waals surface area (Å²) in [5, 5.41) is 8.74. The number of allylic oxidation sites excluding steroid dienone is 1. The number of carbonyl (C=O) groups excluding carboxylic acids is 2. The molecule has 2 heterocycles. The Bertz CT molecular complexity index is 747. The fraction of sp³-hybridized carbons (Fsp3) is 0.263. The van der Waals surface area contributed by atoms with Crippen LogP contribution in [-0.4, -0.2) is 29.9 Å². The van der Waals surface area contributed by atoms with Crippen molar-refractivity contribution in [3.8, 4) is 0 Å². The highest BCUT2D eigenvalue weighted by molar-refractivity contribution is 5.95. The van der Waals surface area contributed by atoms with Crippen molar-refractivity contribution in [2.24, 2.45) is 0 Å². The largest absolute Gasteiger partial charge is 0.367 e. The first kappa shape index (κ1) is 16.8. The van der Waals surface area contributed by atoms with E-state index in [0.29, 0.717) is 24.3 Å². The number of nitrogens with one attached hydrogen (secondary N) is 3. The quantitative estimate of drug-likeness (QED) is 0.723. The van der Waals surface area contributed by atoms with Gasteiger partial charge in [-0.05, 0) is 47.9 Å². The molecule has 3 rings (SSSR count). The predicted molar refractivity (Wildman–Crippen MR) is 97.8 cm³/mol. The van der Waals surface area contributed by atoms with Crippen molar-refractivity contribution in [2.45, 2.75) is 19.8 Å². The van der Waals surface area contributed by atoms with Crippen LogP contribution >= 0.6 is 0 Å². The molecule has 0 aliphatic carbocycles. The first-order valence-corrected chi connectivity index (χ1v) is 8.47. The van der Waals surface area contributed by atoms with E-state index in [1.54, 1.807) is 29.2 Å². The fourth-order valence-corrected chi connectivity index (χ4v) is 2.65. The molecule has 0 aromatic heterocycles. The maximum absolute atomic E-state index is 12.4. The topological polar surface area (TPSA) is 73.5 Å². The predicted octanol–water partition coefficient (Wildman–Crippen LogP) is 2.95. The van der Waals surface area contributed by atoms with E-state index < -0.39 is 0 Å². The Balaban J connectivity index is 1.56. The number of nitrogens with zero attached hydrogens (tertiary/aromatic N) is 1. The van der Waals surface area contributed by atoms with Crippen molar-refractivity contribution >= 4 is 17.6 Å². The molecule has 2 aliphatic rings. The third-order valence-corrected chi connectivity index (χ3v) is 4.10. The molecule has 0 fully saturated rings. The van der Waals surface area contributed by atoms with Gasteiger partial charge < -0.3 is 16.0 Å². The van der Waals surface area contributed by atoms with E-state index in [-0.39, 0.29) is 11.9 Å². The lowest BCUT2D eigenvalue weighted by molar-refractivity contribution is 0.0953. The summed E-state index contributed by atoms with van der Waals surface area (Å²) in [6.45, 7) is 3.30. The molecule has 3 amide bonds. The molecule has 0 saturated heterocycles. The molecule has 0 bridgehead atoms. The maximum atomic E-state index is 12.4. The maximum Gasteiger partial charge on any atom is 0.326 e. The van der Waals surface area contributed by atoms with Crippen LogP contribution in [0.3, 0.4) is 0 Å². The van der Waals surface area contributed by atoms with Gasteiger partial charge in [0.25, 0.3) is 5.91 Å². The van der Waals surface area contributed by atoms with Crippen molar-refractivity contribution in [1.29, 1.82) is 0 Å². The van der Waals surface area contributed by atoms with E-state index in [4.69, 9.17) is 0 Å². The summed E-state index contributed by atoms with van der Waals surface area (Å²) in [4.78, 5) is 26.0. The highest BCUT2D eigenvalue weighted by Gasteiger charge is 2.22. The summed E-state index contributed by atoms with van der Waals surface area (Å²) in [5.41, 5.74) is 3.36. The molecule has 0 saturated carbocycles. The fourth-order valence-electron chi connectivity index (χ4n) is 2.65. The first-order valence-electron chi connectivity index (χ1n) is 8.47. The Labute approximate surface area is 147 Å². The zero-order chi connectivity index (χ0) is 17.6. The van der Waals surface area contributed by atoms with E-state index in [9.17, 15) is 9.59 Å².